The Labute approximate surface area is 159 Å². The van der Waals surface area contributed by atoms with Crippen molar-refractivity contribution < 1.29 is 9.18 Å². The molecule has 0 spiro atoms. The first-order chi connectivity index (χ1) is 13.0. The van der Waals surface area contributed by atoms with Crippen molar-refractivity contribution in [3.63, 3.8) is 0 Å². The third-order valence-corrected chi connectivity index (χ3v) is 5.29. The van der Waals surface area contributed by atoms with Crippen LogP contribution in [0, 0.1) is 5.82 Å². The Bertz CT molecular complexity index is 1020. The molecule has 136 valence electrons. The summed E-state index contributed by atoms with van der Waals surface area (Å²) in [7, 11) is 0. The Morgan fingerprint density at radius 2 is 1.81 bits per heavy atom. The molecule has 0 fully saturated rings. The number of rotatable bonds is 3. The molecule has 0 bridgehead atoms. The van der Waals surface area contributed by atoms with Crippen LogP contribution in [0.3, 0.4) is 0 Å². The number of thiazole rings is 1. The number of amides is 2. The molecule has 4 rings (SSSR count). The normalized spacial score (nSPS) is 16.8. The highest BCUT2D eigenvalue weighted by Gasteiger charge is 2.29. The molecule has 2 amide bonds. The number of nitrogen functional groups attached to an aromatic ring is 1. The van der Waals surface area contributed by atoms with Crippen molar-refractivity contribution in [2.24, 2.45) is 0 Å². The van der Waals surface area contributed by atoms with E-state index in [0.717, 1.165) is 33.1 Å². The fraction of sp³-hybridized carbons (Fsp3) is 0.100. The highest BCUT2D eigenvalue weighted by atomic mass is 32.1. The smallest absolute Gasteiger partial charge is 0.319 e. The minimum atomic E-state index is -0.398. The van der Waals surface area contributed by atoms with E-state index in [4.69, 9.17) is 10.7 Å². The van der Waals surface area contributed by atoms with Gasteiger partial charge in [0.2, 0.25) is 0 Å². The number of urea groups is 1. The molecule has 0 radical (unpaired) electrons. The van der Waals surface area contributed by atoms with Gasteiger partial charge in [0.1, 0.15) is 10.8 Å². The van der Waals surface area contributed by atoms with Gasteiger partial charge in [-0.05, 0) is 36.8 Å². The van der Waals surface area contributed by atoms with Gasteiger partial charge in [-0.3, -0.25) is 0 Å². The van der Waals surface area contributed by atoms with Crippen LogP contribution in [0.25, 0.3) is 16.8 Å². The number of carbonyl (C=O) groups excluding carboxylic acids is 1. The Hall–Kier alpha value is -3.19. The molecule has 1 aliphatic heterocycles. The maximum atomic E-state index is 13.3. The van der Waals surface area contributed by atoms with Gasteiger partial charge < -0.3 is 16.4 Å². The van der Waals surface area contributed by atoms with Crippen molar-refractivity contribution in [2.45, 2.75) is 13.0 Å². The largest absolute Gasteiger partial charge is 0.399 e. The van der Waals surface area contributed by atoms with E-state index in [1.165, 1.54) is 23.5 Å². The standard InChI is InChI=1S/C20H17FN4OS/c1-11-17(18(25-20(26)23-11)13-2-6-14(21)7-3-13)19-24-16(10-27-19)12-4-8-15(22)9-5-12/h2-10,18H,22H2,1H3,(H2,23,25,26). The van der Waals surface area contributed by atoms with Crippen molar-refractivity contribution in [2.75, 3.05) is 5.73 Å². The second-order valence-corrected chi connectivity index (χ2v) is 7.14. The van der Waals surface area contributed by atoms with Crippen LogP contribution in [0.2, 0.25) is 0 Å². The SMILES string of the molecule is CC1=C(c2nc(-c3ccc(N)cc3)cs2)C(c2ccc(F)cc2)NC(=O)N1. The molecule has 2 aromatic carbocycles. The highest BCUT2D eigenvalue weighted by Crippen LogP contribution is 2.37. The third kappa shape index (κ3) is 3.41. The molecule has 0 aliphatic carbocycles. The van der Waals surface area contributed by atoms with Gasteiger partial charge in [0.25, 0.3) is 0 Å². The van der Waals surface area contributed by atoms with Crippen molar-refractivity contribution in [1.29, 1.82) is 0 Å². The van der Waals surface area contributed by atoms with E-state index in [0.29, 0.717) is 5.69 Å². The quantitative estimate of drug-likeness (QED) is 0.592. The first-order valence-electron chi connectivity index (χ1n) is 8.37. The van der Waals surface area contributed by atoms with Gasteiger partial charge in [-0.1, -0.05) is 24.3 Å². The molecule has 2 heterocycles. The number of anilines is 1. The lowest BCUT2D eigenvalue weighted by molar-refractivity contribution is 0.240. The summed E-state index contributed by atoms with van der Waals surface area (Å²) in [4.78, 5) is 16.8. The van der Waals surface area contributed by atoms with Crippen molar-refractivity contribution in [3.05, 3.63) is 76.0 Å². The van der Waals surface area contributed by atoms with Crippen LogP contribution in [0.15, 0.2) is 59.6 Å². The molecule has 4 N–H and O–H groups in total. The lowest BCUT2D eigenvalue weighted by Gasteiger charge is -2.28. The number of hydrogen-bond donors (Lipinski definition) is 3. The van der Waals surface area contributed by atoms with Crippen LogP contribution in [0.5, 0.6) is 0 Å². The molecule has 1 aromatic heterocycles. The molecule has 27 heavy (non-hydrogen) atoms. The van der Waals surface area contributed by atoms with Crippen molar-refractivity contribution in [3.8, 4) is 11.3 Å². The van der Waals surface area contributed by atoms with Crippen molar-refractivity contribution in [1.82, 2.24) is 15.6 Å². The molecular formula is C20H17FN4OS. The van der Waals surface area contributed by atoms with Crippen LogP contribution in [0.1, 0.15) is 23.5 Å². The molecule has 0 saturated carbocycles. The number of halogens is 1. The Morgan fingerprint density at radius 1 is 1.11 bits per heavy atom. The van der Waals surface area contributed by atoms with Gasteiger partial charge in [0.15, 0.2) is 0 Å². The third-order valence-electron chi connectivity index (χ3n) is 4.41. The molecule has 7 heteroatoms. The zero-order chi connectivity index (χ0) is 19.0. The van der Waals surface area contributed by atoms with Gasteiger partial charge in [0.05, 0.1) is 11.7 Å². The topological polar surface area (TPSA) is 80.0 Å². The van der Waals surface area contributed by atoms with E-state index in [1.54, 1.807) is 12.1 Å². The minimum Gasteiger partial charge on any atom is -0.399 e. The lowest BCUT2D eigenvalue weighted by Crippen LogP contribution is -2.42. The number of allylic oxidation sites excluding steroid dienone is 1. The summed E-state index contributed by atoms with van der Waals surface area (Å²) in [5.74, 6) is -0.318. The Morgan fingerprint density at radius 3 is 2.52 bits per heavy atom. The zero-order valence-corrected chi connectivity index (χ0v) is 15.3. The second-order valence-electron chi connectivity index (χ2n) is 6.28. The summed E-state index contributed by atoms with van der Waals surface area (Å²) in [6.07, 6.45) is 0. The van der Waals surface area contributed by atoms with Crippen LogP contribution in [-0.4, -0.2) is 11.0 Å². The van der Waals surface area contributed by atoms with Gasteiger partial charge in [0, 0.05) is 27.9 Å². The van der Waals surface area contributed by atoms with Crippen molar-refractivity contribution >= 4 is 28.6 Å². The molecule has 0 saturated heterocycles. The predicted octanol–water partition coefficient (Wildman–Crippen LogP) is 4.32. The van der Waals surface area contributed by atoms with Gasteiger partial charge >= 0.3 is 6.03 Å². The minimum absolute atomic E-state index is 0.291. The number of benzene rings is 2. The average Bonchev–Trinajstić information content (AvgIpc) is 3.12. The van der Waals surface area contributed by atoms with E-state index in [1.807, 2.05) is 36.6 Å². The van der Waals surface area contributed by atoms with E-state index in [2.05, 4.69) is 10.6 Å². The number of nitrogens with one attached hydrogen (secondary N) is 2. The van der Waals surface area contributed by atoms with E-state index in [-0.39, 0.29) is 11.8 Å². The summed E-state index contributed by atoms with van der Waals surface area (Å²) < 4.78 is 13.3. The summed E-state index contributed by atoms with van der Waals surface area (Å²) >= 11 is 1.50. The van der Waals surface area contributed by atoms with Crippen LogP contribution in [0.4, 0.5) is 14.9 Å². The maximum Gasteiger partial charge on any atom is 0.319 e. The second kappa shape index (κ2) is 6.85. The monoisotopic (exact) mass is 380 g/mol. The van der Waals surface area contributed by atoms with E-state index < -0.39 is 6.04 Å². The van der Waals surface area contributed by atoms with Gasteiger partial charge in [-0.25, -0.2) is 14.2 Å². The number of carbonyl (C=O) groups is 1. The van der Waals surface area contributed by atoms with Gasteiger partial charge in [-0.2, -0.15) is 0 Å². The van der Waals surface area contributed by atoms with Crippen LogP contribution < -0.4 is 16.4 Å². The van der Waals surface area contributed by atoms with Crippen LogP contribution in [-0.2, 0) is 0 Å². The molecular weight excluding hydrogens is 363 g/mol. The maximum absolute atomic E-state index is 13.3. The summed E-state index contributed by atoms with van der Waals surface area (Å²) in [6.45, 7) is 1.84. The predicted molar refractivity (Wildman–Crippen MR) is 105 cm³/mol. The molecule has 3 aromatic rings. The number of hydrogen-bond acceptors (Lipinski definition) is 4. The Kier molecular flexibility index (Phi) is 4.37. The average molecular weight is 380 g/mol. The number of nitrogens with zero attached hydrogens (tertiary/aromatic N) is 1. The molecule has 1 aliphatic rings. The first-order valence-corrected chi connectivity index (χ1v) is 9.25. The zero-order valence-electron chi connectivity index (χ0n) is 14.5. The fourth-order valence-corrected chi connectivity index (χ4v) is 4.03. The highest BCUT2D eigenvalue weighted by molar-refractivity contribution is 7.11. The fourth-order valence-electron chi connectivity index (χ4n) is 3.07. The number of aromatic nitrogens is 1. The molecule has 5 nitrogen and oxygen atoms in total. The summed E-state index contributed by atoms with van der Waals surface area (Å²) in [5.41, 5.74) is 10.6. The lowest BCUT2D eigenvalue weighted by atomic mass is 9.96. The van der Waals surface area contributed by atoms with E-state index >= 15 is 0 Å². The van der Waals surface area contributed by atoms with E-state index in [9.17, 15) is 9.18 Å². The number of nitrogens with two attached hydrogens (primary N) is 1. The molecule has 1 atom stereocenters. The Balaban J connectivity index is 1.75. The summed E-state index contributed by atoms with van der Waals surface area (Å²) in [5, 5.41) is 8.47. The summed E-state index contributed by atoms with van der Waals surface area (Å²) in [6, 6.07) is 13.0. The van der Waals surface area contributed by atoms with Crippen LogP contribution >= 0.6 is 11.3 Å². The first kappa shape index (κ1) is 17.2. The molecule has 1 unspecified atom stereocenters. The van der Waals surface area contributed by atoms with Gasteiger partial charge in [-0.15, -0.1) is 11.3 Å².